The fourth-order valence-electron chi connectivity index (χ4n) is 5.22. The van der Waals surface area contributed by atoms with Crippen molar-refractivity contribution in [2.75, 3.05) is 13.1 Å². The van der Waals surface area contributed by atoms with E-state index < -0.39 is 10.0 Å². The van der Waals surface area contributed by atoms with E-state index in [4.69, 9.17) is 4.42 Å². The molecule has 1 saturated carbocycles. The second-order valence-electron chi connectivity index (χ2n) is 9.15. The van der Waals surface area contributed by atoms with Crippen LogP contribution in [0.3, 0.4) is 0 Å². The summed E-state index contributed by atoms with van der Waals surface area (Å²) in [6.45, 7) is 3.08. The molecule has 1 N–H and O–H groups in total. The molecule has 0 radical (unpaired) electrons. The Kier molecular flexibility index (Phi) is 6.01. The van der Waals surface area contributed by atoms with E-state index in [-0.39, 0.29) is 16.7 Å². The molecule has 2 aliphatic rings. The fourth-order valence-corrected chi connectivity index (χ4v) is 6.71. The average Bonchev–Trinajstić information content (AvgIpc) is 3.57. The number of furan rings is 1. The maximum Gasteiger partial charge on any atom is 0.243 e. The molecule has 33 heavy (non-hydrogen) atoms. The van der Waals surface area contributed by atoms with E-state index in [0.717, 1.165) is 35.3 Å². The summed E-state index contributed by atoms with van der Waals surface area (Å²) in [7, 11) is -3.63. The Morgan fingerprint density at radius 2 is 1.91 bits per heavy atom. The summed E-state index contributed by atoms with van der Waals surface area (Å²) in [6.07, 6.45) is 8.95. The van der Waals surface area contributed by atoms with Crippen molar-refractivity contribution in [2.45, 2.75) is 62.9 Å². The molecule has 1 saturated heterocycles. The summed E-state index contributed by atoms with van der Waals surface area (Å²) in [5.41, 5.74) is 2.64. The molecule has 176 valence electrons. The molecule has 0 bridgehead atoms. The van der Waals surface area contributed by atoms with E-state index in [0.29, 0.717) is 38.5 Å². The molecule has 2 aromatic heterocycles. The zero-order valence-corrected chi connectivity index (χ0v) is 19.7. The number of sulfonamides is 1. The smallest absolute Gasteiger partial charge is 0.243 e. The lowest BCUT2D eigenvalue weighted by molar-refractivity contribution is -0.126. The van der Waals surface area contributed by atoms with Gasteiger partial charge in [-0.05, 0) is 56.9 Å². The number of carbonyl (C=O) groups excluding carboxylic acids is 1. The van der Waals surface area contributed by atoms with Crippen LogP contribution >= 0.6 is 0 Å². The van der Waals surface area contributed by atoms with Crippen molar-refractivity contribution >= 4 is 27.0 Å². The van der Waals surface area contributed by atoms with Crippen LogP contribution in [0.15, 0.2) is 46.1 Å². The highest BCUT2D eigenvalue weighted by atomic mass is 32.2. The number of piperidine rings is 1. The maximum absolute atomic E-state index is 13.3. The monoisotopic (exact) mass is 470 g/mol. The van der Waals surface area contributed by atoms with Crippen LogP contribution in [0.2, 0.25) is 0 Å². The highest BCUT2D eigenvalue weighted by molar-refractivity contribution is 7.89. The van der Waals surface area contributed by atoms with E-state index >= 15 is 0 Å². The first-order chi connectivity index (χ1) is 15.9. The predicted octanol–water partition coefficient (Wildman–Crippen LogP) is 3.77. The summed E-state index contributed by atoms with van der Waals surface area (Å²) >= 11 is 0. The molecule has 8 nitrogen and oxygen atoms in total. The molecule has 5 rings (SSSR count). The summed E-state index contributed by atoms with van der Waals surface area (Å²) in [4.78, 5) is 17.4. The second-order valence-corrected chi connectivity index (χ2v) is 11.1. The number of nitrogens with zero attached hydrogens (tertiary/aromatic N) is 3. The van der Waals surface area contributed by atoms with Crippen LogP contribution in [-0.4, -0.2) is 41.3 Å². The van der Waals surface area contributed by atoms with Gasteiger partial charge in [0.25, 0.3) is 0 Å². The Hall–Kier alpha value is -2.65. The minimum atomic E-state index is -3.63. The Bertz CT molecular complexity index is 1230. The SMILES string of the molecule is Cc1nc2cc(S(=O)(=O)N3CCC(C(=O)NCc4ccoc4)CC3)ccc2n1C1CCCC1. The van der Waals surface area contributed by atoms with Crippen molar-refractivity contribution < 1.29 is 17.6 Å². The highest BCUT2D eigenvalue weighted by Crippen LogP contribution is 2.34. The minimum Gasteiger partial charge on any atom is -0.472 e. The summed E-state index contributed by atoms with van der Waals surface area (Å²) < 4.78 is 35.4. The number of nitrogens with one attached hydrogen (secondary N) is 1. The quantitative estimate of drug-likeness (QED) is 0.591. The van der Waals surface area contributed by atoms with Crippen molar-refractivity contribution in [3.63, 3.8) is 0 Å². The lowest BCUT2D eigenvalue weighted by atomic mass is 9.97. The molecular formula is C24H30N4O4S. The van der Waals surface area contributed by atoms with Gasteiger partial charge in [-0.2, -0.15) is 4.31 Å². The molecule has 3 aromatic rings. The molecule has 9 heteroatoms. The number of hydrogen-bond donors (Lipinski definition) is 1. The van der Waals surface area contributed by atoms with E-state index in [1.807, 2.05) is 19.1 Å². The first-order valence-corrected chi connectivity index (χ1v) is 13.1. The van der Waals surface area contributed by atoms with Gasteiger partial charge >= 0.3 is 0 Å². The number of benzene rings is 1. The third-order valence-corrected chi connectivity index (χ3v) is 8.93. The number of rotatable bonds is 6. The third-order valence-electron chi connectivity index (χ3n) is 7.04. The Labute approximate surface area is 194 Å². The van der Waals surface area contributed by atoms with Crippen LogP contribution in [0.4, 0.5) is 0 Å². The topological polar surface area (TPSA) is 97.4 Å². The number of fused-ring (bicyclic) bond motifs is 1. The molecule has 0 spiro atoms. The maximum atomic E-state index is 13.3. The van der Waals surface area contributed by atoms with Crippen LogP contribution in [0.5, 0.6) is 0 Å². The molecule has 1 aliphatic heterocycles. The van der Waals surface area contributed by atoms with Crippen LogP contribution < -0.4 is 5.32 Å². The second kappa shape index (κ2) is 8.95. The van der Waals surface area contributed by atoms with E-state index in [1.165, 1.54) is 17.1 Å². The van der Waals surface area contributed by atoms with E-state index in [9.17, 15) is 13.2 Å². The van der Waals surface area contributed by atoms with Crippen molar-refractivity contribution in [3.05, 3.63) is 48.2 Å². The molecule has 0 unspecified atom stereocenters. The first kappa shape index (κ1) is 22.2. The standard InChI is InChI=1S/C24H30N4O4S/c1-17-26-22-14-21(6-7-23(22)28(17)20-4-2-3-5-20)33(30,31)27-11-8-19(9-12-27)24(29)25-15-18-10-13-32-16-18/h6-7,10,13-14,16,19-20H,2-5,8-9,11-12,15H2,1H3,(H,25,29). The Morgan fingerprint density at radius 3 is 2.61 bits per heavy atom. The van der Waals surface area contributed by atoms with Gasteiger partial charge in [-0.15, -0.1) is 0 Å². The lowest BCUT2D eigenvalue weighted by Crippen LogP contribution is -2.42. The van der Waals surface area contributed by atoms with Gasteiger partial charge in [0.15, 0.2) is 0 Å². The molecule has 2 fully saturated rings. The normalized spacial score (nSPS) is 18.8. The zero-order valence-electron chi connectivity index (χ0n) is 18.9. The first-order valence-electron chi connectivity index (χ1n) is 11.7. The third kappa shape index (κ3) is 4.31. The molecule has 1 aromatic carbocycles. The fraction of sp³-hybridized carbons (Fsp3) is 0.500. The predicted molar refractivity (Wildman–Crippen MR) is 124 cm³/mol. The van der Waals surface area contributed by atoms with Crippen molar-refractivity contribution in [3.8, 4) is 0 Å². The van der Waals surface area contributed by atoms with Gasteiger partial charge in [-0.3, -0.25) is 4.79 Å². The highest BCUT2D eigenvalue weighted by Gasteiger charge is 2.32. The number of hydrogen-bond acceptors (Lipinski definition) is 5. The molecule has 3 heterocycles. The summed E-state index contributed by atoms with van der Waals surface area (Å²) in [5.74, 6) is 0.715. The van der Waals surface area contributed by atoms with Gasteiger partial charge in [0.2, 0.25) is 15.9 Å². The van der Waals surface area contributed by atoms with Crippen LogP contribution in [0.25, 0.3) is 11.0 Å². The number of imidazole rings is 1. The largest absolute Gasteiger partial charge is 0.472 e. The number of aryl methyl sites for hydroxylation is 1. The lowest BCUT2D eigenvalue weighted by Gasteiger charge is -2.30. The van der Waals surface area contributed by atoms with Gasteiger partial charge < -0.3 is 14.3 Å². The van der Waals surface area contributed by atoms with Gasteiger partial charge in [-0.1, -0.05) is 12.8 Å². The van der Waals surface area contributed by atoms with Crippen LogP contribution in [0.1, 0.15) is 56.0 Å². The van der Waals surface area contributed by atoms with Crippen molar-refractivity contribution in [1.29, 1.82) is 0 Å². The molecule has 0 atom stereocenters. The van der Waals surface area contributed by atoms with Crippen LogP contribution in [-0.2, 0) is 21.4 Å². The summed E-state index contributed by atoms with van der Waals surface area (Å²) in [5, 5.41) is 2.91. The number of aromatic nitrogens is 2. The minimum absolute atomic E-state index is 0.0393. The van der Waals surface area contributed by atoms with E-state index in [2.05, 4.69) is 14.9 Å². The van der Waals surface area contributed by atoms with Crippen molar-refractivity contribution in [1.82, 2.24) is 19.2 Å². The summed E-state index contributed by atoms with van der Waals surface area (Å²) in [6, 6.07) is 7.57. The van der Waals surface area contributed by atoms with Gasteiger partial charge in [0, 0.05) is 37.2 Å². The van der Waals surface area contributed by atoms with Gasteiger partial charge in [-0.25, -0.2) is 13.4 Å². The Morgan fingerprint density at radius 1 is 1.15 bits per heavy atom. The van der Waals surface area contributed by atoms with Crippen molar-refractivity contribution in [2.24, 2.45) is 5.92 Å². The molecular weight excluding hydrogens is 440 g/mol. The van der Waals surface area contributed by atoms with E-state index in [1.54, 1.807) is 24.7 Å². The van der Waals surface area contributed by atoms with Crippen LogP contribution in [0, 0.1) is 12.8 Å². The van der Waals surface area contributed by atoms with Gasteiger partial charge in [0.1, 0.15) is 5.82 Å². The van der Waals surface area contributed by atoms with Gasteiger partial charge in [0.05, 0.1) is 28.5 Å². The average molecular weight is 471 g/mol. The molecule has 1 aliphatic carbocycles. The zero-order chi connectivity index (χ0) is 23.0. The molecule has 1 amide bonds. The number of amides is 1. The number of carbonyl (C=O) groups is 1. The Balaban J connectivity index is 1.26.